The highest BCUT2D eigenvalue weighted by molar-refractivity contribution is 5.79. The fourth-order valence-corrected chi connectivity index (χ4v) is 3.44. The molecule has 0 spiro atoms. The van der Waals surface area contributed by atoms with Gasteiger partial charge in [-0.15, -0.1) is 0 Å². The molecule has 0 saturated heterocycles. The number of ether oxygens (including phenoxy) is 1. The van der Waals surface area contributed by atoms with Crippen LogP contribution in [0.3, 0.4) is 0 Å². The van der Waals surface area contributed by atoms with Gasteiger partial charge < -0.3 is 14.6 Å². The average molecular weight is 380 g/mol. The molecule has 2 aromatic carbocycles. The number of hydrogen-bond donors (Lipinski definition) is 1. The maximum absolute atomic E-state index is 12.4. The lowest BCUT2D eigenvalue weighted by Gasteiger charge is -2.14. The van der Waals surface area contributed by atoms with Crippen LogP contribution in [0.25, 0.3) is 11.0 Å². The van der Waals surface area contributed by atoms with E-state index >= 15 is 0 Å². The molecule has 1 heterocycles. The Balaban J connectivity index is 1.72. The van der Waals surface area contributed by atoms with Crippen molar-refractivity contribution in [1.29, 1.82) is 0 Å². The number of hydrogen-bond acceptors (Lipinski definition) is 3. The van der Waals surface area contributed by atoms with Crippen LogP contribution in [0.4, 0.5) is 0 Å². The van der Waals surface area contributed by atoms with Crippen molar-refractivity contribution in [1.82, 2.24) is 14.9 Å². The van der Waals surface area contributed by atoms with Gasteiger partial charge in [0.15, 0.2) is 0 Å². The van der Waals surface area contributed by atoms with E-state index in [1.807, 2.05) is 50.2 Å². The first-order chi connectivity index (χ1) is 13.6. The first-order valence-corrected chi connectivity index (χ1v) is 10.0. The van der Waals surface area contributed by atoms with Crippen LogP contribution in [0, 0.1) is 12.8 Å². The van der Waals surface area contributed by atoms with E-state index in [1.165, 1.54) is 5.56 Å². The summed E-state index contributed by atoms with van der Waals surface area (Å²) in [7, 11) is 0. The summed E-state index contributed by atoms with van der Waals surface area (Å²) in [5.41, 5.74) is 3.17. The number of benzene rings is 2. The van der Waals surface area contributed by atoms with Crippen LogP contribution in [0.1, 0.15) is 38.1 Å². The maximum Gasteiger partial charge on any atom is 0.223 e. The lowest BCUT2D eigenvalue weighted by Crippen LogP contribution is -2.31. The van der Waals surface area contributed by atoms with Crippen molar-refractivity contribution in [2.24, 2.45) is 5.92 Å². The summed E-state index contributed by atoms with van der Waals surface area (Å²) < 4.78 is 8.06. The van der Waals surface area contributed by atoms with E-state index in [4.69, 9.17) is 9.72 Å². The Hall–Kier alpha value is -2.82. The van der Waals surface area contributed by atoms with E-state index in [2.05, 4.69) is 28.9 Å². The third-order valence-corrected chi connectivity index (χ3v) is 5.08. The standard InChI is InChI=1S/C23H29N3O2/c1-4-18(5-2)23(27)24-16-22-25-20-11-6-7-12-21(20)26(22)13-14-28-19-10-8-9-17(3)15-19/h6-12,15,18H,4-5,13-14,16H2,1-3H3,(H,24,27). The van der Waals surface area contributed by atoms with Gasteiger partial charge in [-0.25, -0.2) is 4.98 Å². The molecule has 0 aliphatic carbocycles. The van der Waals surface area contributed by atoms with E-state index in [9.17, 15) is 4.79 Å². The number of fused-ring (bicyclic) bond motifs is 1. The molecule has 1 N–H and O–H groups in total. The monoisotopic (exact) mass is 379 g/mol. The largest absolute Gasteiger partial charge is 0.492 e. The Morgan fingerprint density at radius 3 is 2.68 bits per heavy atom. The van der Waals surface area contributed by atoms with Gasteiger partial charge in [0.25, 0.3) is 0 Å². The number of aromatic nitrogens is 2. The van der Waals surface area contributed by atoms with Crippen LogP contribution < -0.4 is 10.1 Å². The Bertz CT molecular complexity index is 928. The third kappa shape index (κ3) is 4.71. The second-order valence-electron chi connectivity index (χ2n) is 7.06. The highest BCUT2D eigenvalue weighted by atomic mass is 16.5. The number of imidazole rings is 1. The number of carbonyl (C=O) groups is 1. The van der Waals surface area contributed by atoms with Crippen LogP contribution in [-0.2, 0) is 17.9 Å². The molecular formula is C23H29N3O2. The zero-order chi connectivity index (χ0) is 19.9. The highest BCUT2D eigenvalue weighted by Gasteiger charge is 2.16. The van der Waals surface area contributed by atoms with Crippen LogP contribution in [-0.4, -0.2) is 22.1 Å². The fraction of sp³-hybridized carbons (Fsp3) is 0.391. The van der Waals surface area contributed by atoms with Crippen molar-refractivity contribution < 1.29 is 9.53 Å². The van der Waals surface area contributed by atoms with Crippen LogP contribution >= 0.6 is 0 Å². The molecule has 0 aliphatic rings. The van der Waals surface area contributed by atoms with Gasteiger partial charge in [0.1, 0.15) is 18.2 Å². The molecule has 3 aromatic rings. The summed E-state index contributed by atoms with van der Waals surface area (Å²) in [6, 6.07) is 16.1. The second-order valence-corrected chi connectivity index (χ2v) is 7.06. The molecule has 5 heteroatoms. The lowest BCUT2D eigenvalue weighted by atomic mass is 10.0. The quantitative estimate of drug-likeness (QED) is 0.596. The average Bonchev–Trinajstić information content (AvgIpc) is 3.05. The van der Waals surface area contributed by atoms with Gasteiger partial charge in [-0.3, -0.25) is 4.79 Å². The minimum absolute atomic E-state index is 0.0579. The molecule has 0 unspecified atom stereocenters. The molecule has 3 rings (SSSR count). The number of aryl methyl sites for hydroxylation is 1. The molecule has 1 amide bonds. The molecule has 0 radical (unpaired) electrons. The highest BCUT2D eigenvalue weighted by Crippen LogP contribution is 2.18. The zero-order valence-electron chi connectivity index (χ0n) is 16.9. The SMILES string of the molecule is CCC(CC)C(=O)NCc1nc2ccccc2n1CCOc1cccc(C)c1. The van der Waals surface area contributed by atoms with Gasteiger partial charge in [0, 0.05) is 5.92 Å². The minimum atomic E-state index is 0.0579. The van der Waals surface area contributed by atoms with Gasteiger partial charge in [-0.05, 0) is 49.6 Å². The summed E-state index contributed by atoms with van der Waals surface area (Å²) >= 11 is 0. The summed E-state index contributed by atoms with van der Waals surface area (Å²) in [5, 5.41) is 3.05. The van der Waals surface area contributed by atoms with Crippen molar-refractivity contribution in [3.8, 4) is 5.75 Å². The van der Waals surface area contributed by atoms with Gasteiger partial charge in [-0.1, -0.05) is 38.1 Å². The molecule has 0 bridgehead atoms. The Morgan fingerprint density at radius 2 is 1.93 bits per heavy atom. The first kappa shape index (κ1) is 19.9. The van der Waals surface area contributed by atoms with Gasteiger partial charge in [0.2, 0.25) is 5.91 Å². The van der Waals surface area contributed by atoms with Crippen molar-refractivity contribution in [2.75, 3.05) is 6.61 Å². The normalized spacial score (nSPS) is 11.1. The first-order valence-electron chi connectivity index (χ1n) is 10.0. The molecule has 5 nitrogen and oxygen atoms in total. The Morgan fingerprint density at radius 1 is 1.14 bits per heavy atom. The van der Waals surface area contributed by atoms with E-state index in [-0.39, 0.29) is 11.8 Å². The predicted octanol–water partition coefficient (Wildman–Crippen LogP) is 4.48. The Kier molecular flexibility index (Phi) is 6.69. The summed E-state index contributed by atoms with van der Waals surface area (Å²) in [5.74, 6) is 1.88. The molecule has 0 fully saturated rings. The molecular weight excluding hydrogens is 350 g/mol. The molecule has 0 atom stereocenters. The second kappa shape index (κ2) is 9.40. The van der Waals surface area contributed by atoms with Gasteiger partial charge in [0.05, 0.1) is 24.1 Å². The number of nitrogens with zero attached hydrogens (tertiary/aromatic N) is 2. The molecule has 0 saturated carbocycles. The molecule has 1 aromatic heterocycles. The van der Waals surface area contributed by atoms with Crippen molar-refractivity contribution in [3.63, 3.8) is 0 Å². The van der Waals surface area contributed by atoms with E-state index in [0.29, 0.717) is 19.7 Å². The number of carbonyl (C=O) groups excluding carboxylic acids is 1. The maximum atomic E-state index is 12.4. The van der Waals surface area contributed by atoms with Crippen LogP contribution in [0.5, 0.6) is 5.75 Å². The molecule has 28 heavy (non-hydrogen) atoms. The van der Waals surface area contributed by atoms with Crippen LogP contribution in [0.2, 0.25) is 0 Å². The Labute approximate surface area is 166 Å². The van der Waals surface area contributed by atoms with Gasteiger partial charge in [-0.2, -0.15) is 0 Å². The van der Waals surface area contributed by atoms with Crippen molar-refractivity contribution in [2.45, 2.75) is 46.7 Å². The van der Waals surface area contributed by atoms with Crippen molar-refractivity contribution in [3.05, 3.63) is 59.9 Å². The molecule has 0 aliphatic heterocycles. The topological polar surface area (TPSA) is 56.2 Å². The number of para-hydroxylation sites is 2. The summed E-state index contributed by atoms with van der Waals surface area (Å²) in [4.78, 5) is 17.1. The minimum Gasteiger partial charge on any atom is -0.492 e. The zero-order valence-corrected chi connectivity index (χ0v) is 16.9. The number of rotatable bonds is 9. The third-order valence-electron chi connectivity index (χ3n) is 5.08. The number of amides is 1. The molecule has 148 valence electrons. The summed E-state index contributed by atoms with van der Waals surface area (Å²) in [6.07, 6.45) is 1.70. The predicted molar refractivity (Wildman–Crippen MR) is 112 cm³/mol. The smallest absolute Gasteiger partial charge is 0.223 e. The summed E-state index contributed by atoms with van der Waals surface area (Å²) in [6.45, 7) is 7.78. The van der Waals surface area contributed by atoms with E-state index in [0.717, 1.165) is 35.4 Å². The van der Waals surface area contributed by atoms with E-state index < -0.39 is 0 Å². The lowest BCUT2D eigenvalue weighted by molar-refractivity contribution is -0.125. The fourth-order valence-electron chi connectivity index (χ4n) is 3.44. The number of nitrogens with one attached hydrogen (secondary N) is 1. The van der Waals surface area contributed by atoms with E-state index in [1.54, 1.807) is 0 Å². The van der Waals surface area contributed by atoms with Crippen molar-refractivity contribution >= 4 is 16.9 Å². The van der Waals surface area contributed by atoms with Crippen LogP contribution in [0.15, 0.2) is 48.5 Å². The van der Waals surface area contributed by atoms with Gasteiger partial charge >= 0.3 is 0 Å².